The van der Waals surface area contributed by atoms with E-state index < -0.39 is 0 Å². The first-order valence-corrected chi connectivity index (χ1v) is 6.44. The van der Waals surface area contributed by atoms with Crippen LogP contribution in [0.4, 0.5) is 0 Å². The van der Waals surface area contributed by atoms with Crippen molar-refractivity contribution in [2.75, 3.05) is 0 Å². The summed E-state index contributed by atoms with van der Waals surface area (Å²) >= 11 is 0. The summed E-state index contributed by atoms with van der Waals surface area (Å²) in [5.74, 6) is 1.40. The molecule has 3 saturated carbocycles. The lowest BCUT2D eigenvalue weighted by molar-refractivity contribution is -0.199. The lowest BCUT2D eigenvalue weighted by atomic mass is 9.43. The molecule has 2 bridgehead atoms. The Morgan fingerprint density at radius 3 is 2.56 bits per heavy atom. The molecule has 4 rings (SSSR count). The van der Waals surface area contributed by atoms with Crippen molar-refractivity contribution in [2.45, 2.75) is 58.2 Å². The first-order chi connectivity index (χ1) is 7.35. The van der Waals surface area contributed by atoms with Crippen LogP contribution in [0.25, 0.3) is 0 Å². The molecular weight excluding hydrogens is 201 g/mol. The minimum Gasteiger partial charge on any atom is -0.404 e. The summed E-state index contributed by atoms with van der Waals surface area (Å²) in [7, 11) is -0.204. The third-order valence-corrected chi connectivity index (χ3v) is 5.40. The SMILES string of the molecule is CC(N)B1OC2CC3CC(C3(C)C)[C@@]2(C)O1. The highest BCUT2D eigenvalue weighted by Crippen LogP contribution is 2.65. The van der Waals surface area contributed by atoms with E-state index in [-0.39, 0.29) is 24.8 Å². The highest BCUT2D eigenvalue weighted by molar-refractivity contribution is 6.47. The summed E-state index contributed by atoms with van der Waals surface area (Å²) in [6, 6.07) is 0. The third kappa shape index (κ3) is 1.16. The summed E-state index contributed by atoms with van der Waals surface area (Å²) in [4.78, 5) is 0. The molecule has 1 aliphatic heterocycles. The van der Waals surface area contributed by atoms with Crippen molar-refractivity contribution in [3.63, 3.8) is 0 Å². The van der Waals surface area contributed by atoms with Gasteiger partial charge in [0.1, 0.15) is 0 Å². The van der Waals surface area contributed by atoms with Crippen LogP contribution >= 0.6 is 0 Å². The third-order valence-electron chi connectivity index (χ3n) is 5.40. The minimum absolute atomic E-state index is 0.0391. The van der Waals surface area contributed by atoms with Gasteiger partial charge in [-0.05, 0) is 37.0 Å². The molecule has 90 valence electrons. The lowest BCUT2D eigenvalue weighted by Crippen LogP contribution is -2.65. The average Bonchev–Trinajstić information content (AvgIpc) is 2.54. The van der Waals surface area contributed by atoms with Crippen LogP contribution in [0, 0.1) is 17.3 Å². The maximum absolute atomic E-state index is 6.15. The molecular formula is C12H22BNO2. The van der Waals surface area contributed by atoms with Gasteiger partial charge in [0.05, 0.1) is 11.7 Å². The van der Waals surface area contributed by atoms with Crippen molar-refractivity contribution in [1.29, 1.82) is 0 Å². The second-order valence-corrected chi connectivity index (χ2v) is 6.70. The van der Waals surface area contributed by atoms with Crippen LogP contribution in [0.3, 0.4) is 0 Å². The van der Waals surface area contributed by atoms with Crippen molar-refractivity contribution in [2.24, 2.45) is 23.0 Å². The molecule has 3 aliphatic carbocycles. The molecule has 1 heterocycles. The smallest absolute Gasteiger partial charge is 0.404 e. The summed E-state index contributed by atoms with van der Waals surface area (Å²) < 4.78 is 12.1. The second-order valence-electron chi connectivity index (χ2n) is 6.70. The quantitative estimate of drug-likeness (QED) is 0.686. The Morgan fingerprint density at radius 1 is 1.31 bits per heavy atom. The standard InChI is InChI=1S/C12H22BNO2/c1-7(14)13-15-10-6-8-5-9(11(8,2)3)12(10,4)16-13/h7-10H,5-6,14H2,1-4H3/t7?,8?,9?,10?,12-/m1/s1. The van der Waals surface area contributed by atoms with Crippen molar-refractivity contribution in [3.05, 3.63) is 0 Å². The van der Waals surface area contributed by atoms with Gasteiger partial charge in [-0.15, -0.1) is 0 Å². The second kappa shape index (κ2) is 3.03. The summed E-state index contributed by atoms with van der Waals surface area (Å²) in [6.07, 6.45) is 2.71. The van der Waals surface area contributed by atoms with Crippen molar-refractivity contribution < 1.29 is 9.31 Å². The van der Waals surface area contributed by atoms with Crippen molar-refractivity contribution in [3.8, 4) is 0 Å². The van der Waals surface area contributed by atoms with E-state index in [0.29, 0.717) is 11.3 Å². The normalized spacial score (nSPS) is 50.8. The number of hydrogen-bond acceptors (Lipinski definition) is 3. The van der Waals surface area contributed by atoms with E-state index in [0.717, 1.165) is 12.3 Å². The van der Waals surface area contributed by atoms with E-state index in [1.165, 1.54) is 6.42 Å². The van der Waals surface area contributed by atoms with Gasteiger partial charge in [0.15, 0.2) is 0 Å². The van der Waals surface area contributed by atoms with Crippen LogP contribution in [-0.4, -0.2) is 24.8 Å². The fourth-order valence-electron chi connectivity index (χ4n) is 4.13. The number of hydrogen-bond donors (Lipinski definition) is 1. The Hall–Kier alpha value is -0.0551. The van der Waals surface area contributed by atoms with Crippen LogP contribution in [-0.2, 0) is 9.31 Å². The Labute approximate surface area is 98.2 Å². The van der Waals surface area contributed by atoms with Crippen LogP contribution < -0.4 is 5.73 Å². The fourth-order valence-corrected chi connectivity index (χ4v) is 4.13. The molecule has 1 saturated heterocycles. The molecule has 0 aromatic carbocycles. The molecule has 4 fully saturated rings. The maximum Gasteiger partial charge on any atom is 0.475 e. The molecule has 0 spiro atoms. The molecule has 5 atom stereocenters. The van der Waals surface area contributed by atoms with Gasteiger partial charge in [-0.25, -0.2) is 0 Å². The topological polar surface area (TPSA) is 44.5 Å². The minimum atomic E-state index is -0.204. The largest absolute Gasteiger partial charge is 0.475 e. The van der Waals surface area contributed by atoms with Gasteiger partial charge < -0.3 is 15.0 Å². The van der Waals surface area contributed by atoms with Gasteiger partial charge in [0, 0.05) is 5.94 Å². The molecule has 0 amide bonds. The van der Waals surface area contributed by atoms with E-state index in [1.54, 1.807) is 0 Å². The Kier molecular flexibility index (Phi) is 2.10. The van der Waals surface area contributed by atoms with E-state index in [9.17, 15) is 0 Å². The number of rotatable bonds is 1. The molecule has 16 heavy (non-hydrogen) atoms. The zero-order valence-electron chi connectivity index (χ0n) is 10.7. The molecule has 0 radical (unpaired) electrons. The van der Waals surface area contributed by atoms with Gasteiger partial charge >= 0.3 is 7.12 Å². The van der Waals surface area contributed by atoms with Crippen molar-refractivity contribution in [1.82, 2.24) is 0 Å². The average molecular weight is 223 g/mol. The van der Waals surface area contributed by atoms with Gasteiger partial charge in [-0.1, -0.05) is 20.8 Å². The van der Waals surface area contributed by atoms with Crippen LogP contribution in [0.15, 0.2) is 0 Å². The predicted molar refractivity (Wildman–Crippen MR) is 63.8 cm³/mol. The van der Waals surface area contributed by atoms with E-state index in [4.69, 9.17) is 15.0 Å². The Balaban J connectivity index is 1.87. The monoisotopic (exact) mass is 223 g/mol. The lowest BCUT2D eigenvalue weighted by Gasteiger charge is -2.64. The van der Waals surface area contributed by atoms with Crippen LogP contribution in [0.1, 0.15) is 40.5 Å². The molecule has 4 unspecified atom stereocenters. The maximum atomic E-state index is 6.15. The molecule has 2 N–H and O–H groups in total. The zero-order valence-corrected chi connectivity index (χ0v) is 10.7. The zero-order chi connectivity index (χ0) is 11.7. The van der Waals surface area contributed by atoms with Crippen LogP contribution in [0.2, 0.25) is 0 Å². The predicted octanol–water partition coefficient (Wildman–Crippen LogP) is 1.60. The van der Waals surface area contributed by atoms with Gasteiger partial charge in [0.25, 0.3) is 0 Å². The highest BCUT2D eigenvalue weighted by Gasteiger charge is 2.68. The van der Waals surface area contributed by atoms with Crippen molar-refractivity contribution >= 4 is 7.12 Å². The fraction of sp³-hybridized carbons (Fsp3) is 1.00. The highest BCUT2D eigenvalue weighted by atomic mass is 16.7. The Morgan fingerprint density at radius 2 is 2.00 bits per heavy atom. The summed E-state index contributed by atoms with van der Waals surface area (Å²) in [5.41, 5.74) is 6.20. The Bertz CT molecular complexity index is 320. The van der Waals surface area contributed by atoms with Gasteiger partial charge in [-0.2, -0.15) is 0 Å². The molecule has 4 heteroatoms. The van der Waals surface area contributed by atoms with Gasteiger partial charge in [-0.3, -0.25) is 0 Å². The van der Waals surface area contributed by atoms with E-state index in [1.807, 2.05) is 6.92 Å². The summed E-state index contributed by atoms with van der Waals surface area (Å²) in [5, 5.41) is 0. The van der Waals surface area contributed by atoms with Crippen LogP contribution in [0.5, 0.6) is 0 Å². The molecule has 4 aliphatic rings. The van der Waals surface area contributed by atoms with Gasteiger partial charge in [0.2, 0.25) is 0 Å². The van der Waals surface area contributed by atoms with E-state index in [2.05, 4.69) is 20.8 Å². The summed E-state index contributed by atoms with van der Waals surface area (Å²) in [6.45, 7) is 8.93. The molecule has 3 nitrogen and oxygen atoms in total. The number of nitrogens with two attached hydrogens (primary N) is 1. The van der Waals surface area contributed by atoms with E-state index >= 15 is 0 Å². The molecule has 0 aromatic heterocycles. The molecule has 0 aromatic rings. The first-order valence-electron chi connectivity index (χ1n) is 6.44. The first kappa shape index (κ1) is 11.1.